The molecule has 0 bridgehead atoms. The topological polar surface area (TPSA) is 101 Å². The monoisotopic (exact) mass is 631 g/mol. The molecule has 1 saturated heterocycles. The SMILES string of the molecule is Cc1cc2nc(N3CCN(C(=O)OC(C)(C)C)C(c4ccc5c(cnn5C)c4)C3)sc2c(-c2ccc(Cl)cc2)c1CC(=O)O. The summed E-state index contributed by atoms with van der Waals surface area (Å²) < 4.78 is 8.58. The molecule has 0 saturated carbocycles. The van der Waals surface area contributed by atoms with Gasteiger partial charge < -0.3 is 14.7 Å². The summed E-state index contributed by atoms with van der Waals surface area (Å²) in [5.41, 5.74) is 5.59. The van der Waals surface area contributed by atoms with Crippen molar-refractivity contribution < 1.29 is 19.4 Å². The maximum absolute atomic E-state index is 13.4. The number of aromatic nitrogens is 3. The normalized spacial score (nSPS) is 15.7. The number of carboxylic acids is 1. The Morgan fingerprint density at radius 3 is 2.57 bits per heavy atom. The van der Waals surface area contributed by atoms with Crippen LogP contribution in [0.25, 0.3) is 32.2 Å². The number of amides is 1. The van der Waals surface area contributed by atoms with Gasteiger partial charge in [0.15, 0.2) is 5.13 Å². The van der Waals surface area contributed by atoms with Gasteiger partial charge in [0, 0.05) is 42.7 Å². The lowest BCUT2D eigenvalue weighted by atomic mass is 9.93. The summed E-state index contributed by atoms with van der Waals surface area (Å²) in [6, 6.07) is 15.3. The van der Waals surface area contributed by atoms with Gasteiger partial charge in [0.2, 0.25) is 0 Å². The highest BCUT2D eigenvalue weighted by atomic mass is 35.5. The van der Waals surface area contributed by atoms with Gasteiger partial charge in [-0.3, -0.25) is 14.4 Å². The number of hydrogen-bond donors (Lipinski definition) is 1. The van der Waals surface area contributed by atoms with Gasteiger partial charge in [-0.15, -0.1) is 0 Å². The van der Waals surface area contributed by atoms with Crippen molar-refractivity contribution in [3.63, 3.8) is 0 Å². The van der Waals surface area contributed by atoms with Gasteiger partial charge in [0.25, 0.3) is 0 Å². The largest absolute Gasteiger partial charge is 0.481 e. The van der Waals surface area contributed by atoms with Crippen LogP contribution in [0.1, 0.15) is 43.5 Å². The van der Waals surface area contributed by atoms with Crippen molar-refractivity contribution >= 4 is 61.3 Å². The number of aryl methyl sites for hydroxylation is 2. The van der Waals surface area contributed by atoms with Gasteiger partial charge in [-0.25, -0.2) is 9.78 Å². The summed E-state index contributed by atoms with van der Waals surface area (Å²) in [5.74, 6) is -0.890. The highest BCUT2D eigenvalue weighted by Gasteiger charge is 2.36. The van der Waals surface area contributed by atoms with E-state index < -0.39 is 11.6 Å². The average molecular weight is 632 g/mol. The van der Waals surface area contributed by atoms with Gasteiger partial charge in [-0.2, -0.15) is 5.10 Å². The van der Waals surface area contributed by atoms with E-state index >= 15 is 0 Å². The third-order valence-corrected chi connectivity index (χ3v) is 9.30. The summed E-state index contributed by atoms with van der Waals surface area (Å²) in [5, 5.41) is 16.6. The van der Waals surface area contributed by atoms with Crippen molar-refractivity contribution in [2.24, 2.45) is 7.05 Å². The van der Waals surface area contributed by atoms with Gasteiger partial charge in [0.05, 0.1) is 34.4 Å². The number of ether oxygens (including phenoxy) is 1. The Morgan fingerprint density at radius 1 is 1.11 bits per heavy atom. The maximum atomic E-state index is 13.4. The van der Waals surface area contributed by atoms with E-state index in [2.05, 4.69) is 16.1 Å². The van der Waals surface area contributed by atoms with Crippen molar-refractivity contribution in [2.45, 2.75) is 45.8 Å². The molecular weight excluding hydrogens is 598 g/mol. The summed E-state index contributed by atoms with van der Waals surface area (Å²) >= 11 is 7.74. The number of carbonyl (C=O) groups excluding carboxylic acids is 1. The standard InChI is InChI=1S/C33H34ClN5O4S/c1-19-14-25-30(29(24(19)16-28(40)41)20-6-9-23(34)10-7-20)44-31(36-25)38-12-13-39(32(42)43-33(2,3)4)27(18-38)21-8-11-26-22(15-21)17-35-37(26)5/h6-11,14-15,17,27H,12-13,16,18H2,1-5H3,(H,40,41). The van der Waals surface area contributed by atoms with Gasteiger partial charge in [-0.1, -0.05) is 41.1 Å². The molecular formula is C33H34ClN5O4S. The number of piperazine rings is 1. The molecule has 3 aromatic carbocycles. The van der Waals surface area contributed by atoms with Gasteiger partial charge >= 0.3 is 12.1 Å². The van der Waals surface area contributed by atoms with E-state index in [1.54, 1.807) is 16.2 Å². The Hall–Kier alpha value is -4.15. The molecule has 3 heterocycles. The molecule has 0 spiro atoms. The maximum Gasteiger partial charge on any atom is 0.410 e. The second-order valence-corrected chi connectivity index (χ2v) is 13.6. The molecule has 1 atom stereocenters. The minimum atomic E-state index is -0.890. The highest BCUT2D eigenvalue weighted by molar-refractivity contribution is 7.22. The zero-order chi connectivity index (χ0) is 31.3. The summed E-state index contributed by atoms with van der Waals surface area (Å²) in [6.07, 6.45) is 1.39. The predicted molar refractivity (Wildman–Crippen MR) is 175 cm³/mol. The van der Waals surface area contributed by atoms with E-state index in [1.165, 1.54) is 0 Å². The third kappa shape index (κ3) is 5.84. The molecule has 6 rings (SSSR count). The van der Waals surface area contributed by atoms with Crippen LogP contribution >= 0.6 is 22.9 Å². The molecule has 0 aliphatic carbocycles. The number of carboxylic acid groups (broad SMARTS) is 1. The molecule has 11 heteroatoms. The molecule has 1 aliphatic heterocycles. The molecule has 5 aromatic rings. The number of benzene rings is 3. The Balaban J connectivity index is 1.42. The smallest absolute Gasteiger partial charge is 0.410 e. The van der Waals surface area contributed by atoms with E-state index in [9.17, 15) is 14.7 Å². The van der Waals surface area contributed by atoms with Crippen LogP contribution in [0.2, 0.25) is 5.02 Å². The zero-order valence-corrected chi connectivity index (χ0v) is 26.9. The van der Waals surface area contributed by atoms with Crippen molar-refractivity contribution in [2.75, 3.05) is 24.5 Å². The predicted octanol–water partition coefficient (Wildman–Crippen LogP) is 7.24. The highest BCUT2D eigenvalue weighted by Crippen LogP contribution is 2.42. The zero-order valence-electron chi connectivity index (χ0n) is 25.3. The lowest BCUT2D eigenvalue weighted by Crippen LogP contribution is -2.52. The first-order valence-electron chi connectivity index (χ1n) is 14.4. The number of hydrogen-bond acceptors (Lipinski definition) is 7. The van der Waals surface area contributed by atoms with Crippen LogP contribution in [0.15, 0.2) is 54.7 Å². The average Bonchev–Trinajstić information content (AvgIpc) is 3.55. The minimum Gasteiger partial charge on any atom is -0.481 e. The third-order valence-electron chi connectivity index (χ3n) is 7.89. The van der Waals surface area contributed by atoms with Crippen LogP contribution in [0.5, 0.6) is 0 Å². The molecule has 2 aromatic heterocycles. The number of nitrogens with zero attached hydrogens (tertiary/aromatic N) is 5. The summed E-state index contributed by atoms with van der Waals surface area (Å²) in [4.78, 5) is 34.4. The van der Waals surface area contributed by atoms with Crippen LogP contribution in [0.3, 0.4) is 0 Å². The van der Waals surface area contributed by atoms with E-state index in [0.717, 1.165) is 54.1 Å². The van der Waals surface area contributed by atoms with Crippen LogP contribution in [-0.2, 0) is 23.0 Å². The number of halogens is 1. The Labute approximate surface area is 264 Å². The van der Waals surface area contributed by atoms with E-state index in [0.29, 0.717) is 24.7 Å². The van der Waals surface area contributed by atoms with E-state index in [-0.39, 0.29) is 18.6 Å². The van der Waals surface area contributed by atoms with Crippen LogP contribution in [-0.4, -0.2) is 62.1 Å². The Morgan fingerprint density at radius 2 is 1.86 bits per heavy atom. The van der Waals surface area contributed by atoms with Crippen LogP contribution in [0.4, 0.5) is 9.93 Å². The molecule has 228 valence electrons. The fourth-order valence-electron chi connectivity index (χ4n) is 5.83. The molecule has 1 fully saturated rings. The second-order valence-electron chi connectivity index (χ2n) is 12.2. The van der Waals surface area contributed by atoms with Crippen molar-refractivity contribution in [3.05, 3.63) is 76.4 Å². The molecule has 0 radical (unpaired) electrons. The number of fused-ring (bicyclic) bond motifs is 2. The quantitative estimate of drug-likeness (QED) is 0.218. The van der Waals surface area contributed by atoms with Crippen LogP contribution in [0, 0.1) is 6.92 Å². The number of rotatable bonds is 5. The molecule has 9 nitrogen and oxygen atoms in total. The van der Waals surface area contributed by atoms with Crippen LogP contribution < -0.4 is 4.90 Å². The molecule has 1 amide bonds. The first-order chi connectivity index (χ1) is 20.9. The second kappa shape index (κ2) is 11.4. The van der Waals surface area contributed by atoms with Gasteiger partial charge in [-0.05, 0) is 80.3 Å². The van der Waals surface area contributed by atoms with Crippen molar-refractivity contribution in [1.82, 2.24) is 19.7 Å². The number of carbonyl (C=O) groups is 2. The summed E-state index contributed by atoms with van der Waals surface area (Å²) in [7, 11) is 1.91. The molecule has 1 N–H and O–H groups in total. The van der Waals surface area contributed by atoms with Crippen molar-refractivity contribution in [1.29, 1.82) is 0 Å². The van der Waals surface area contributed by atoms with Gasteiger partial charge in [0.1, 0.15) is 5.60 Å². The Bertz CT molecular complexity index is 1890. The minimum absolute atomic E-state index is 0.0968. The molecule has 1 aliphatic rings. The first kappa shape index (κ1) is 29.9. The van der Waals surface area contributed by atoms with E-state index in [1.807, 2.05) is 88.1 Å². The lowest BCUT2D eigenvalue weighted by Gasteiger charge is -2.41. The van der Waals surface area contributed by atoms with E-state index in [4.69, 9.17) is 21.3 Å². The number of thiazole rings is 1. The van der Waals surface area contributed by atoms with Crippen molar-refractivity contribution in [3.8, 4) is 11.1 Å². The first-order valence-corrected chi connectivity index (χ1v) is 15.6. The molecule has 1 unspecified atom stereocenters. The number of anilines is 1. The molecule has 44 heavy (non-hydrogen) atoms. The number of aliphatic carboxylic acids is 1. The fraction of sp³-hybridized carbons (Fsp3) is 0.333. The summed E-state index contributed by atoms with van der Waals surface area (Å²) in [6.45, 7) is 9.09. The lowest BCUT2D eigenvalue weighted by molar-refractivity contribution is -0.136. The Kier molecular flexibility index (Phi) is 7.75. The fourth-order valence-corrected chi connectivity index (χ4v) is 7.13.